The number of carbonyl (C=O) groups excluding carboxylic acids is 1. The van der Waals surface area contributed by atoms with Gasteiger partial charge in [0.05, 0.1) is 19.0 Å². The van der Waals surface area contributed by atoms with Crippen molar-refractivity contribution in [2.75, 3.05) is 12.4 Å². The number of anilines is 1. The zero-order valence-corrected chi connectivity index (χ0v) is 15.9. The Hall–Kier alpha value is -3.29. The molecule has 144 valence electrons. The van der Waals surface area contributed by atoms with Gasteiger partial charge in [-0.1, -0.05) is 13.3 Å². The lowest BCUT2D eigenvalue weighted by molar-refractivity contribution is -0.119. The standard InChI is InChI=1S/C20H22N6O2/c1-13-5-3-4-6-15-9-14(7-8-21-15)19-16(24-20(13)27)11-26(25-19)17-10-18(28-2)23-12-22-17/h7-13H,3-6H2,1-2H3,(H,24,27). The van der Waals surface area contributed by atoms with Crippen LogP contribution in [0.5, 0.6) is 5.88 Å². The molecule has 2 bridgehead atoms. The number of pyridine rings is 1. The third-order valence-corrected chi connectivity index (χ3v) is 4.90. The van der Waals surface area contributed by atoms with Crippen molar-refractivity contribution in [2.24, 2.45) is 5.92 Å². The van der Waals surface area contributed by atoms with Gasteiger partial charge in [-0.3, -0.25) is 9.78 Å². The second-order valence-corrected chi connectivity index (χ2v) is 6.93. The smallest absolute Gasteiger partial charge is 0.227 e. The van der Waals surface area contributed by atoms with Crippen molar-refractivity contribution in [2.45, 2.75) is 32.6 Å². The summed E-state index contributed by atoms with van der Waals surface area (Å²) in [5.41, 5.74) is 3.27. The number of nitrogens with one attached hydrogen (secondary N) is 1. The van der Waals surface area contributed by atoms with Crippen LogP contribution in [-0.4, -0.2) is 37.7 Å². The van der Waals surface area contributed by atoms with E-state index in [0.29, 0.717) is 23.1 Å². The highest BCUT2D eigenvalue weighted by Gasteiger charge is 2.20. The first-order valence-electron chi connectivity index (χ1n) is 9.36. The van der Waals surface area contributed by atoms with Gasteiger partial charge in [0.2, 0.25) is 11.8 Å². The summed E-state index contributed by atoms with van der Waals surface area (Å²) in [5, 5.41) is 7.72. The van der Waals surface area contributed by atoms with E-state index >= 15 is 0 Å². The number of ether oxygens (including phenoxy) is 1. The van der Waals surface area contributed by atoms with Crippen molar-refractivity contribution in [1.82, 2.24) is 24.7 Å². The molecule has 4 heterocycles. The van der Waals surface area contributed by atoms with Crippen LogP contribution in [0.3, 0.4) is 0 Å². The molecule has 8 nitrogen and oxygen atoms in total. The summed E-state index contributed by atoms with van der Waals surface area (Å²) in [7, 11) is 1.55. The van der Waals surface area contributed by atoms with Gasteiger partial charge in [-0.25, -0.2) is 14.6 Å². The van der Waals surface area contributed by atoms with Crippen molar-refractivity contribution in [3.8, 4) is 23.0 Å². The van der Waals surface area contributed by atoms with Gasteiger partial charge < -0.3 is 10.1 Å². The maximum atomic E-state index is 12.7. The first kappa shape index (κ1) is 18.1. The topological polar surface area (TPSA) is 94.8 Å². The van der Waals surface area contributed by atoms with E-state index in [0.717, 1.165) is 36.9 Å². The predicted molar refractivity (Wildman–Crippen MR) is 104 cm³/mol. The number of rotatable bonds is 2. The lowest BCUT2D eigenvalue weighted by Gasteiger charge is -2.13. The Kier molecular flexibility index (Phi) is 5.01. The van der Waals surface area contributed by atoms with Crippen LogP contribution in [0, 0.1) is 5.92 Å². The number of carbonyl (C=O) groups is 1. The summed E-state index contributed by atoms with van der Waals surface area (Å²) >= 11 is 0. The third-order valence-electron chi connectivity index (χ3n) is 4.90. The van der Waals surface area contributed by atoms with Crippen LogP contribution in [0.4, 0.5) is 5.69 Å². The average Bonchev–Trinajstić information content (AvgIpc) is 3.14. The summed E-state index contributed by atoms with van der Waals surface area (Å²) in [6.45, 7) is 1.96. The second kappa shape index (κ2) is 7.75. The van der Waals surface area contributed by atoms with Crippen LogP contribution in [-0.2, 0) is 11.2 Å². The van der Waals surface area contributed by atoms with Gasteiger partial charge in [-0.15, -0.1) is 0 Å². The highest BCUT2D eigenvalue weighted by atomic mass is 16.5. The summed E-state index contributed by atoms with van der Waals surface area (Å²) in [4.78, 5) is 25.4. The Labute approximate surface area is 163 Å². The highest BCUT2D eigenvalue weighted by molar-refractivity contribution is 5.95. The Morgan fingerprint density at radius 2 is 2.11 bits per heavy atom. The molecule has 1 unspecified atom stereocenters. The number of hydrogen-bond donors (Lipinski definition) is 1. The van der Waals surface area contributed by atoms with Crippen LogP contribution < -0.4 is 10.1 Å². The number of fused-ring (bicyclic) bond motifs is 4. The lowest BCUT2D eigenvalue weighted by atomic mass is 10.00. The minimum absolute atomic E-state index is 0.00378. The van der Waals surface area contributed by atoms with Crippen molar-refractivity contribution in [3.05, 3.63) is 42.6 Å². The maximum Gasteiger partial charge on any atom is 0.227 e. The van der Waals surface area contributed by atoms with Crippen LogP contribution >= 0.6 is 0 Å². The monoisotopic (exact) mass is 378 g/mol. The van der Waals surface area contributed by atoms with Crippen molar-refractivity contribution in [1.29, 1.82) is 0 Å². The van der Waals surface area contributed by atoms with E-state index < -0.39 is 0 Å². The minimum Gasteiger partial charge on any atom is -0.481 e. The molecule has 1 atom stereocenters. The van der Waals surface area contributed by atoms with Crippen molar-refractivity contribution < 1.29 is 9.53 Å². The Bertz CT molecular complexity index is 1000. The summed E-state index contributed by atoms with van der Waals surface area (Å²) in [5.74, 6) is 0.926. The fourth-order valence-corrected chi connectivity index (χ4v) is 3.27. The lowest BCUT2D eigenvalue weighted by Crippen LogP contribution is -2.20. The normalized spacial score (nSPS) is 17.1. The van der Waals surface area contributed by atoms with Crippen molar-refractivity contribution >= 4 is 11.6 Å². The maximum absolute atomic E-state index is 12.7. The quantitative estimate of drug-likeness (QED) is 0.736. The molecule has 8 heteroatoms. The molecule has 1 aliphatic rings. The van der Waals surface area contributed by atoms with Gasteiger partial charge in [0.25, 0.3) is 0 Å². The molecule has 4 rings (SSSR count). The molecular weight excluding hydrogens is 356 g/mol. The second-order valence-electron chi connectivity index (χ2n) is 6.93. The minimum atomic E-state index is -0.0685. The fourth-order valence-electron chi connectivity index (χ4n) is 3.27. The number of nitrogens with zero attached hydrogens (tertiary/aromatic N) is 5. The van der Waals surface area contributed by atoms with Gasteiger partial charge in [0.15, 0.2) is 5.82 Å². The molecule has 1 N–H and O–H groups in total. The van der Waals surface area contributed by atoms with E-state index in [9.17, 15) is 4.79 Å². The highest BCUT2D eigenvalue weighted by Crippen LogP contribution is 2.29. The molecule has 0 fully saturated rings. The van der Waals surface area contributed by atoms with Gasteiger partial charge in [0, 0.05) is 29.4 Å². The number of methoxy groups -OCH3 is 1. The predicted octanol–water partition coefficient (Wildman–Crippen LogP) is 3.03. The number of aryl methyl sites for hydroxylation is 1. The van der Waals surface area contributed by atoms with Crippen LogP contribution in [0.2, 0.25) is 0 Å². The average molecular weight is 378 g/mol. The zero-order chi connectivity index (χ0) is 19.5. The molecule has 0 saturated carbocycles. The number of aromatic nitrogens is 5. The van der Waals surface area contributed by atoms with Crippen LogP contribution in [0.1, 0.15) is 31.9 Å². The van der Waals surface area contributed by atoms with Crippen LogP contribution in [0.25, 0.3) is 17.1 Å². The Morgan fingerprint density at radius 1 is 1.21 bits per heavy atom. The van der Waals surface area contributed by atoms with E-state index in [1.165, 1.54) is 6.33 Å². The van der Waals surface area contributed by atoms with E-state index in [-0.39, 0.29) is 11.8 Å². The largest absolute Gasteiger partial charge is 0.481 e. The van der Waals surface area contributed by atoms with Crippen LogP contribution in [0.15, 0.2) is 36.9 Å². The van der Waals surface area contributed by atoms with Gasteiger partial charge in [-0.2, -0.15) is 5.10 Å². The first-order chi connectivity index (χ1) is 13.6. The molecule has 0 radical (unpaired) electrons. The molecule has 3 aromatic rings. The van der Waals surface area contributed by atoms with Gasteiger partial charge in [0.1, 0.15) is 12.0 Å². The molecular formula is C20H22N6O2. The fraction of sp³-hybridized carbons (Fsp3) is 0.350. The van der Waals surface area contributed by atoms with E-state index in [4.69, 9.17) is 4.74 Å². The third kappa shape index (κ3) is 3.71. The first-order valence-corrected chi connectivity index (χ1v) is 9.36. The number of amides is 1. The molecule has 1 aliphatic heterocycles. The van der Waals surface area contributed by atoms with Crippen molar-refractivity contribution in [3.63, 3.8) is 0 Å². The van der Waals surface area contributed by atoms with Gasteiger partial charge >= 0.3 is 0 Å². The Balaban J connectivity index is 1.81. The Morgan fingerprint density at radius 3 is 2.96 bits per heavy atom. The number of hydrogen-bond acceptors (Lipinski definition) is 6. The molecule has 0 aliphatic carbocycles. The van der Waals surface area contributed by atoms with E-state index in [1.54, 1.807) is 30.3 Å². The summed E-state index contributed by atoms with van der Waals surface area (Å²) in [6.07, 6.45) is 8.72. The molecule has 28 heavy (non-hydrogen) atoms. The van der Waals surface area contributed by atoms with Gasteiger partial charge in [-0.05, 0) is 31.4 Å². The zero-order valence-electron chi connectivity index (χ0n) is 15.9. The molecule has 0 spiro atoms. The molecule has 0 saturated heterocycles. The summed E-state index contributed by atoms with van der Waals surface area (Å²) in [6, 6.07) is 5.63. The molecule has 3 aromatic heterocycles. The SMILES string of the molecule is COc1cc(-n2cc3c(n2)-c2ccnc(c2)CCCCC(C)C(=O)N3)ncn1. The van der Waals surface area contributed by atoms with E-state index in [2.05, 4.69) is 25.4 Å². The van der Waals surface area contributed by atoms with E-state index in [1.807, 2.05) is 19.1 Å². The summed E-state index contributed by atoms with van der Waals surface area (Å²) < 4.78 is 6.80. The molecule has 1 amide bonds. The molecule has 0 aromatic carbocycles.